The van der Waals surface area contributed by atoms with Crippen LogP contribution in [0.1, 0.15) is 32.1 Å². The van der Waals surface area contributed by atoms with E-state index in [-0.39, 0.29) is 30.7 Å². The van der Waals surface area contributed by atoms with Crippen LogP contribution in [0.2, 0.25) is 0 Å². The average Bonchev–Trinajstić information content (AvgIpc) is 3.69. The van der Waals surface area contributed by atoms with Crippen LogP contribution in [0.25, 0.3) is 17.0 Å². The molecular formula is C20H23N9O3S. The van der Waals surface area contributed by atoms with Crippen molar-refractivity contribution in [2.45, 2.75) is 49.1 Å². The molecule has 2 saturated carbocycles. The SMILES string of the molecule is N#CCC1(n2cc(-c3nccc4nc(NC(O)C5CC5)nn34)cn2)CN(S(=O)(=O)C2CC2)C1. The molecule has 1 saturated heterocycles. The normalized spacial score (nSPS) is 21.5. The summed E-state index contributed by atoms with van der Waals surface area (Å²) in [5, 5.41) is 31.1. The number of hydrogen-bond donors (Lipinski definition) is 2. The lowest BCUT2D eigenvalue weighted by Gasteiger charge is -2.48. The molecule has 0 amide bonds. The number of hydrogen-bond acceptors (Lipinski definition) is 9. The van der Waals surface area contributed by atoms with E-state index in [1.807, 2.05) is 0 Å². The van der Waals surface area contributed by atoms with Gasteiger partial charge in [-0.1, -0.05) is 0 Å². The second-order valence-corrected chi connectivity index (χ2v) is 11.4. The summed E-state index contributed by atoms with van der Waals surface area (Å²) in [6.45, 7) is 0.461. The Labute approximate surface area is 189 Å². The zero-order chi connectivity index (χ0) is 22.8. The number of nitriles is 1. The highest BCUT2D eigenvalue weighted by Crippen LogP contribution is 2.40. The maximum atomic E-state index is 12.6. The van der Waals surface area contributed by atoms with Gasteiger partial charge in [0, 0.05) is 37.5 Å². The van der Waals surface area contributed by atoms with E-state index in [1.165, 1.54) is 4.31 Å². The molecule has 0 bridgehead atoms. The Hall–Kier alpha value is -3.08. The molecule has 0 aromatic carbocycles. The Morgan fingerprint density at radius 3 is 2.79 bits per heavy atom. The first-order chi connectivity index (χ1) is 15.9. The van der Waals surface area contributed by atoms with E-state index >= 15 is 0 Å². The Bertz CT molecular complexity index is 1360. The lowest BCUT2D eigenvalue weighted by Crippen LogP contribution is -2.64. The Balaban J connectivity index is 1.28. The number of anilines is 1. The van der Waals surface area contributed by atoms with Crippen LogP contribution in [0, 0.1) is 17.2 Å². The molecule has 3 fully saturated rings. The highest BCUT2D eigenvalue weighted by molar-refractivity contribution is 7.90. The molecule has 0 radical (unpaired) electrons. The van der Waals surface area contributed by atoms with Crippen molar-refractivity contribution >= 4 is 21.6 Å². The minimum Gasteiger partial charge on any atom is -0.373 e. The highest BCUT2D eigenvalue weighted by atomic mass is 32.2. The van der Waals surface area contributed by atoms with E-state index in [1.54, 1.807) is 33.9 Å². The van der Waals surface area contributed by atoms with E-state index in [9.17, 15) is 18.8 Å². The van der Waals surface area contributed by atoms with Crippen molar-refractivity contribution in [3.05, 3.63) is 24.7 Å². The van der Waals surface area contributed by atoms with Gasteiger partial charge in [-0.3, -0.25) is 4.68 Å². The molecule has 13 heteroatoms. The summed E-state index contributed by atoms with van der Waals surface area (Å²) in [7, 11) is -3.29. The minimum atomic E-state index is -3.29. The molecule has 172 valence electrons. The van der Waals surface area contributed by atoms with Gasteiger partial charge in [0.1, 0.15) is 11.8 Å². The Kier molecular flexibility index (Phi) is 4.48. The van der Waals surface area contributed by atoms with Crippen LogP contribution in [-0.4, -0.2) is 71.8 Å². The van der Waals surface area contributed by atoms with Crippen LogP contribution in [0.3, 0.4) is 0 Å². The van der Waals surface area contributed by atoms with Crippen molar-refractivity contribution in [2.24, 2.45) is 5.92 Å². The highest BCUT2D eigenvalue weighted by Gasteiger charge is 2.53. The Morgan fingerprint density at radius 1 is 1.30 bits per heavy atom. The number of aliphatic hydroxyl groups is 1. The largest absolute Gasteiger partial charge is 0.373 e. The first-order valence-electron chi connectivity index (χ1n) is 11.0. The maximum absolute atomic E-state index is 12.6. The Morgan fingerprint density at radius 2 is 2.09 bits per heavy atom. The molecule has 6 rings (SSSR count). The summed E-state index contributed by atoms with van der Waals surface area (Å²) in [5.74, 6) is 1.06. The molecular weight excluding hydrogens is 446 g/mol. The van der Waals surface area contributed by atoms with Gasteiger partial charge < -0.3 is 10.4 Å². The summed E-state index contributed by atoms with van der Waals surface area (Å²) in [5.41, 5.74) is 0.530. The third kappa shape index (κ3) is 3.45. The van der Waals surface area contributed by atoms with Crippen LogP contribution in [-0.2, 0) is 15.6 Å². The van der Waals surface area contributed by atoms with Crippen LogP contribution >= 0.6 is 0 Å². The first kappa shape index (κ1) is 20.5. The lowest BCUT2D eigenvalue weighted by molar-refractivity contribution is 0.0716. The number of aromatic nitrogens is 6. The summed E-state index contributed by atoms with van der Waals surface area (Å²) < 4.78 is 29.8. The molecule has 33 heavy (non-hydrogen) atoms. The number of sulfonamides is 1. The smallest absolute Gasteiger partial charge is 0.245 e. The van der Waals surface area contributed by atoms with Crippen molar-refractivity contribution in [2.75, 3.05) is 18.4 Å². The third-order valence-electron chi connectivity index (χ3n) is 6.58. The summed E-state index contributed by atoms with van der Waals surface area (Å²) in [6, 6.07) is 3.90. The van der Waals surface area contributed by atoms with E-state index in [0.29, 0.717) is 35.8 Å². The molecule has 2 aliphatic carbocycles. The average molecular weight is 470 g/mol. The van der Waals surface area contributed by atoms with Crippen molar-refractivity contribution in [3.8, 4) is 17.5 Å². The molecule has 12 nitrogen and oxygen atoms in total. The molecule has 1 aliphatic heterocycles. The van der Waals surface area contributed by atoms with Crippen LogP contribution in [0.15, 0.2) is 24.7 Å². The maximum Gasteiger partial charge on any atom is 0.245 e. The molecule has 2 N–H and O–H groups in total. The molecule has 1 unspecified atom stereocenters. The monoisotopic (exact) mass is 469 g/mol. The van der Waals surface area contributed by atoms with Gasteiger partial charge in [0.25, 0.3) is 0 Å². The van der Waals surface area contributed by atoms with Gasteiger partial charge in [0.05, 0.1) is 29.5 Å². The van der Waals surface area contributed by atoms with E-state index in [4.69, 9.17) is 0 Å². The van der Waals surface area contributed by atoms with Crippen molar-refractivity contribution < 1.29 is 13.5 Å². The van der Waals surface area contributed by atoms with E-state index in [2.05, 4.69) is 31.6 Å². The number of aliphatic hydroxyl groups excluding tert-OH is 1. The van der Waals surface area contributed by atoms with Gasteiger partial charge in [-0.2, -0.15) is 24.2 Å². The zero-order valence-electron chi connectivity index (χ0n) is 17.7. The van der Waals surface area contributed by atoms with Crippen molar-refractivity contribution in [1.82, 2.24) is 33.7 Å². The quantitative estimate of drug-likeness (QED) is 0.450. The first-order valence-corrected chi connectivity index (χ1v) is 12.5. The van der Waals surface area contributed by atoms with Gasteiger partial charge in [-0.25, -0.2) is 13.4 Å². The zero-order valence-corrected chi connectivity index (χ0v) is 18.6. The number of fused-ring (bicyclic) bond motifs is 1. The lowest BCUT2D eigenvalue weighted by atomic mass is 9.89. The molecule has 1 atom stereocenters. The fourth-order valence-corrected chi connectivity index (χ4v) is 6.28. The van der Waals surface area contributed by atoms with Crippen LogP contribution in [0.5, 0.6) is 0 Å². The van der Waals surface area contributed by atoms with E-state index in [0.717, 1.165) is 12.8 Å². The fraction of sp³-hybridized carbons (Fsp3) is 0.550. The second kappa shape index (κ2) is 7.21. The summed E-state index contributed by atoms with van der Waals surface area (Å²) in [4.78, 5) is 8.85. The predicted octanol–water partition coefficient (Wildman–Crippen LogP) is 0.545. The standard InChI is InChI=1S/C20H23N9O3S/c21-7-6-20(11-27(12-20)33(31,32)15-3-4-15)28-10-14(9-23-28)17-22-8-5-16-24-19(26-29(16)17)25-18(30)13-1-2-13/h5,8-10,13,15,18,30H,1-4,6,11-12H2,(H,25,26). The van der Waals surface area contributed by atoms with Gasteiger partial charge in [-0.05, 0) is 25.7 Å². The van der Waals surface area contributed by atoms with Crippen LogP contribution in [0.4, 0.5) is 5.95 Å². The van der Waals surface area contributed by atoms with Gasteiger partial charge in [-0.15, -0.1) is 5.10 Å². The molecule has 4 heterocycles. The molecule has 0 spiro atoms. The predicted molar refractivity (Wildman–Crippen MR) is 116 cm³/mol. The minimum absolute atomic E-state index is 0.152. The van der Waals surface area contributed by atoms with Gasteiger partial charge in [0.15, 0.2) is 11.5 Å². The number of rotatable bonds is 8. The van der Waals surface area contributed by atoms with Crippen molar-refractivity contribution in [1.29, 1.82) is 5.26 Å². The van der Waals surface area contributed by atoms with E-state index < -0.39 is 21.8 Å². The second-order valence-electron chi connectivity index (χ2n) is 9.15. The van der Waals surface area contributed by atoms with Gasteiger partial charge >= 0.3 is 0 Å². The number of nitrogens with one attached hydrogen (secondary N) is 1. The van der Waals surface area contributed by atoms with Crippen LogP contribution < -0.4 is 5.32 Å². The van der Waals surface area contributed by atoms with Gasteiger partial charge in [0.2, 0.25) is 16.0 Å². The number of nitrogens with zero attached hydrogens (tertiary/aromatic N) is 8. The fourth-order valence-electron chi connectivity index (χ4n) is 4.29. The topological polar surface area (TPSA) is 154 Å². The molecule has 3 aromatic rings. The summed E-state index contributed by atoms with van der Waals surface area (Å²) >= 11 is 0. The third-order valence-corrected chi connectivity index (χ3v) is 8.87. The van der Waals surface area contributed by atoms with Crippen molar-refractivity contribution in [3.63, 3.8) is 0 Å². The molecule has 3 aliphatic rings. The molecule has 3 aromatic heterocycles. The summed E-state index contributed by atoms with van der Waals surface area (Å²) in [6.07, 6.45) is 7.88.